The smallest absolute Gasteiger partial charge is 0.255 e. The Bertz CT molecular complexity index is 1170. The molecule has 4 aromatic rings. The SMILES string of the molecule is O=C(CCCc1cccs1)Nc1cccc(C(=O)Nc2ccc3ncccc3c2)c1. The van der Waals surface area contributed by atoms with Crippen molar-refractivity contribution in [2.24, 2.45) is 0 Å². The third kappa shape index (κ3) is 5.10. The predicted molar refractivity (Wildman–Crippen MR) is 122 cm³/mol. The molecule has 0 saturated heterocycles. The van der Waals surface area contributed by atoms with E-state index in [4.69, 9.17) is 0 Å². The lowest BCUT2D eigenvalue weighted by Gasteiger charge is -2.09. The van der Waals surface area contributed by atoms with E-state index >= 15 is 0 Å². The molecule has 0 aliphatic carbocycles. The second-order valence-corrected chi connectivity index (χ2v) is 7.96. The zero-order valence-electron chi connectivity index (χ0n) is 16.3. The number of nitrogens with one attached hydrogen (secondary N) is 2. The molecule has 6 heteroatoms. The minimum Gasteiger partial charge on any atom is -0.326 e. The maximum atomic E-state index is 12.7. The van der Waals surface area contributed by atoms with Gasteiger partial charge in [0, 0.05) is 39.8 Å². The zero-order chi connectivity index (χ0) is 20.8. The van der Waals surface area contributed by atoms with Gasteiger partial charge in [-0.05, 0) is 66.8 Å². The highest BCUT2D eigenvalue weighted by molar-refractivity contribution is 7.09. The molecule has 0 aliphatic heterocycles. The molecule has 0 spiro atoms. The van der Waals surface area contributed by atoms with Crippen LogP contribution in [0, 0.1) is 0 Å². The van der Waals surface area contributed by atoms with Crippen LogP contribution in [0.1, 0.15) is 28.1 Å². The number of rotatable bonds is 7. The molecule has 0 unspecified atom stereocenters. The van der Waals surface area contributed by atoms with E-state index in [2.05, 4.69) is 21.7 Å². The highest BCUT2D eigenvalue weighted by Crippen LogP contribution is 2.19. The van der Waals surface area contributed by atoms with Gasteiger partial charge in [0.05, 0.1) is 5.52 Å². The van der Waals surface area contributed by atoms with Crippen molar-refractivity contribution in [2.45, 2.75) is 19.3 Å². The second kappa shape index (κ2) is 9.33. The first-order valence-corrected chi connectivity index (χ1v) is 10.6. The number of benzene rings is 2. The van der Waals surface area contributed by atoms with E-state index < -0.39 is 0 Å². The van der Waals surface area contributed by atoms with Gasteiger partial charge in [0.15, 0.2) is 0 Å². The average Bonchev–Trinajstić information content (AvgIpc) is 3.27. The van der Waals surface area contributed by atoms with Crippen LogP contribution in [0.15, 0.2) is 78.3 Å². The number of amides is 2. The van der Waals surface area contributed by atoms with Gasteiger partial charge in [-0.15, -0.1) is 11.3 Å². The van der Waals surface area contributed by atoms with Crippen molar-refractivity contribution in [3.63, 3.8) is 0 Å². The van der Waals surface area contributed by atoms with Crippen molar-refractivity contribution in [1.82, 2.24) is 4.98 Å². The van der Waals surface area contributed by atoms with E-state index in [0.717, 1.165) is 23.7 Å². The number of carbonyl (C=O) groups is 2. The van der Waals surface area contributed by atoms with Gasteiger partial charge in [-0.25, -0.2) is 0 Å². The van der Waals surface area contributed by atoms with Crippen LogP contribution in [0.2, 0.25) is 0 Å². The molecule has 0 atom stereocenters. The summed E-state index contributed by atoms with van der Waals surface area (Å²) in [4.78, 5) is 30.4. The summed E-state index contributed by atoms with van der Waals surface area (Å²) in [5.74, 6) is -0.279. The quantitative estimate of drug-likeness (QED) is 0.418. The van der Waals surface area contributed by atoms with E-state index in [1.54, 1.807) is 41.8 Å². The Morgan fingerprint density at radius 1 is 0.900 bits per heavy atom. The van der Waals surface area contributed by atoms with Crippen LogP contribution in [0.25, 0.3) is 10.9 Å². The van der Waals surface area contributed by atoms with Crippen LogP contribution in [0.3, 0.4) is 0 Å². The third-order valence-electron chi connectivity index (χ3n) is 4.68. The molecule has 0 radical (unpaired) electrons. The number of aryl methyl sites for hydroxylation is 1. The normalized spacial score (nSPS) is 10.7. The van der Waals surface area contributed by atoms with Crippen molar-refractivity contribution >= 4 is 45.4 Å². The van der Waals surface area contributed by atoms with Crippen LogP contribution < -0.4 is 10.6 Å². The summed E-state index contributed by atoms with van der Waals surface area (Å²) in [6.07, 6.45) is 3.88. The Morgan fingerprint density at radius 3 is 2.67 bits per heavy atom. The monoisotopic (exact) mass is 415 g/mol. The number of anilines is 2. The standard InChI is InChI=1S/C24H21N3O2S/c28-23(10-2-8-21-9-4-14-30-21)26-19-7-1-5-18(16-19)24(29)27-20-11-12-22-17(15-20)6-3-13-25-22/h1,3-7,9,11-16H,2,8,10H2,(H,26,28)(H,27,29). The lowest BCUT2D eigenvalue weighted by atomic mass is 10.1. The van der Waals surface area contributed by atoms with Gasteiger partial charge in [-0.2, -0.15) is 0 Å². The summed E-state index contributed by atoms with van der Waals surface area (Å²) in [6, 6.07) is 20.5. The molecule has 0 saturated carbocycles. The van der Waals surface area contributed by atoms with Crippen LogP contribution in [0.5, 0.6) is 0 Å². The maximum absolute atomic E-state index is 12.7. The average molecular weight is 416 g/mol. The molecule has 4 rings (SSSR count). The third-order valence-corrected chi connectivity index (χ3v) is 5.61. The minimum atomic E-state index is -0.230. The number of nitrogens with zero attached hydrogens (tertiary/aromatic N) is 1. The van der Waals surface area contributed by atoms with E-state index in [1.165, 1.54) is 4.88 Å². The van der Waals surface area contributed by atoms with Crippen LogP contribution >= 0.6 is 11.3 Å². The summed E-state index contributed by atoms with van der Waals surface area (Å²) in [5, 5.41) is 8.78. The fourth-order valence-corrected chi connectivity index (χ4v) is 3.95. The molecule has 2 amide bonds. The highest BCUT2D eigenvalue weighted by atomic mass is 32.1. The Morgan fingerprint density at radius 2 is 1.80 bits per heavy atom. The number of pyridine rings is 1. The molecular formula is C24H21N3O2S. The Hall–Kier alpha value is -3.51. The summed E-state index contributed by atoms with van der Waals surface area (Å²) < 4.78 is 0. The molecule has 2 aromatic carbocycles. The van der Waals surface area contributed by atoms with Gasteiger partial charge in [0.25, 0.3) is 5.91 Å². The summed E-state index contributed by atoms with van der Waals surface area (Å²) >= 11 is 1.71. The number of hydrogen-bond acceptors (Lipinski definition) is 4. The molecule has 150 valence electrons. The topological polar surface area (TPSA) is 71.1 Å². The van der Waals surface area contributed by atoms with Gasteiger partial charge in [-0.1, -0.05) is 18.2 Å². The molecule has 0 fully saturated rings. The predicted octanol–water partition coefficient (Wildman–Crippen LogP) is 5.51. The van der Waals surface area contributed by atoms with Gasteiger partial charge < -0.3 is 10.6 Å². The molecule has 0 bridgehead atoms. The summed E-state index contributed by atoms with van der Waals surface area (Å²) in [6.45, 7) is 0. The number of carbonyl (C=O) groups excluding carboxylic acids is 2. The molecule has 2 heterocycles. The molecule has 30 heavy (non-hydrogen) atoms. The van der Waals surface area contributed by atoms with E-state index in [9.17, 15) is 9.59 Å². The van der Waals surface area contributed by atoms with Crippen LogP contribution in [0.4, 0.5) is 11.4 Å². The van der Waals surface area contributed by atoms with Crippen molar-refractivity contribution in [1.29, 1.82) is 0 Å². The largest absolute Gasteiger partial charge is 0.326 e. The molecule has 2 aromatic heterocycles. The lowest BCUT2D eigenvalue weighted by Crippen LogP contribution is -2.14. The Balaban J connectivity index is 1.35. The van der Waals surface area contributed by atoms with E-state index in [-0.39, 0.29) is 11.8 Å². The van der Waals surface area contributed by atoms with Gasteiger partial charge >= 0.3 is 0 Å². The van der Waals surface area contributed by atoms with Crippen molar-refractivity contribution in [2.75, 3.05) is 10.6 Å². The first-order valence-electron chi connectivity index (χ1n) is 9.76. The fraction of sp³-hybridized carbons (Fsp3) is 0.125. The maximum Gasteiger partial charge on any atom is 0.255 e. The second-order valence-electron chi connectivity index (χ2n) is 6.93. The fourth-order valence-electron chi connectivity index (χ4n) is 3.20. The molecular weight excluding hydrogens is 394 g/mol. The molecule has 2 N–H and O–H groups in total. The van der Waals surface area contributed by atoms with Gasteiger partial charge in [-0.3, -0.25) is 14.6 Å². The van der Waals surface area contributed by atoms with Crippen molar-refractivity contribution < 1.29 is 9.59 Å². The van der Waals surface area contributed by atoms with E-state index in [1.807, 2.05) is 41.8 Å². The van der Waals surface area contributed by atoms with Crippen LogP contribution in [-0.2, 0) is 11.2 Å². The number of thiophene rings is 1. The van der Waals surface area contributed by atoms with Gasteiger partial charge in [0.2, 0.25) is 5.91 Å². The number of hydrogen-bond donors (Lipinski definition) is 2. The first kappa shape index (κ1) is 19.8. The molecule has 5 nitrogen and oxygen atoms in total. The summed E-state index contributed by atoms with van der Waals surface area (Å²) in [7, 11) is 0. The Kier molecular flexibility index (Phi) is 6.15. The first-order chi connectivity index (χ1) is 14.7. The number of fused-ring (bicyclic) bond motifs is 1. The number of aromatic nitrogens is 1. The highest BCUT2D eigenvalue weighted by Gasteiger charge is 2.09. The van der Waals surface area contributed by atoms with Crippen molar-refractivity contribution in [3.8, 4) is 0 Å². The summed E-state index contributed by atoms with van der Waals surface area (Å²) in [5.41, 5.74) is 2.67. The van der Waals surface area contributed by atoms with Crippen LogP contribution in [-0.4, -0.2) is 16.8 Å². The Labute approximate surface area is 178 Å². The minimum absolute atomic E-state index is 0.0499. The zero-order valence-corrected chi connectivity index (χ0v) is 17.1. The molecule has 0 aliphatic rings. The van der Waals surface area contributed by atoms with Crippen molar-refractivity contribution in [3.05, 3.63) is 88.7 Å². The van der Waals surface area contributed by atoms with Gasteiger partial charge in [0.1, 0.15) is 0 Å². The lowest BCUT2D eigenvalue weighted by molar-refractivity contribution is -0.116. The van der Waals surface area contributed by atoms with E-state index in [0.29, 0.717) is 23.4 Å².